The van der Waals surface area contributed by atoms with Crippen molar-refractivity contribution in [2.75, 3.05) is 11.2 Å². The van der Waals surface area contributed by atoms with Gasteiger partial charge in [0.15, 0.2) is 9.84 Å². The van der Waals surface area contributed by atoms with Crippen LogP contribution in [0.5, 0.6) is 0 Å². The maximum atomic E-state index is 13.3. The average Bonchev–Trinajstić information content (AvgIpc) is 2.69. The summed E-state index contributed by atoms with van der Waals surface area (Å²) in [6.45, 7) is 0.808. The number of hydrogen-bond acceptors (Lipinski definition) is 5. The molecule has 2 aromatic heterocycles. The number of amides is 2. The van der Waals surface area contributed by atoms with Crippen LogP contribution >= 0.6 is 0 Å². The number of aromatic nitrogens is 2. The number of pyridine rings is 2. The van der Waals surface area contributed by atoms with Gasteiger partial charge in [-0.25, -0.2) is 23.1 Å². The van der Waals surface area contributed by atoms with Crippen molar-refractivity contribution in [3.8, 4) is 0 Å². The van der Waals surface area contributed by atoms with Crippen LogP contribution in [0.3, 0.4) is 0 Å². The van der Waals surface area contributed by atoms with Gasteiger partial charge in [-0.2, -0.15) is 0 Å². The molecular formula is C20H18N4O3S. The van der Waals surface area contributed by atoms with E-state index in [-0.39, 0.29) is 10.9 Å². The van der Waals surface area contributed by atoms with Gasteiger partial charge in [-0.1, -0.05) is 18.2 Å². The number of fused-ring (bicyclic) bond motifs is 1. The van der Waals surface area contributed by atoms with Gasteiger partial charge < -0.3 is 4.90 Å². The molecule has 3 heterocycles. The molecule has 0 N–H and O–H groups in total. The highest BCUT2D eigenvalue weighted by molar-refractivity contribution is 7.90. The van der Waals surface area contributed by atoms with Crippen LogP contribution in [0.4, 0.5) is 16.3 Å². The zero-order valence-corrected chi connectivity index (χ0v) is 16.0. The number of nitrogens with zero attached hydrogens (tertiary/aromatic N) is 4. The monoisotopic (exact) mass is 394 g/mol. The van der Waals surface area contributed by atoms with Crippen molar-refractivity contribution in [1.29, 1.82) is 0 Å². The Morgan fingerprint density at radius 2 is 1.89 bits per heavy atom. The smallest absolute Gasteiger partial charge is 0.315 e. The third-order valence-corrected chi connectivity index (χ3v) is 5.61. The van der Waals surface area contributed by atoms with Gasteiger partial charge >= 0.3 is 6.03 Å². The molecule has 142 valence electrons. The van der Waals surface area contributed by atoms with Gasteiger partial charge in [0.2, 0.25) is 0 Å². The van der Waals surface area contributed by atoms with E-state index in [9.17, 15) is 13.2 Å². The Hall–Kier alpha value is -3.26. The van der Waals surface area contributed by atoms with Gasteiger partial charge in [0, 0.05) is 37.0 Å². The second-order valence-electron chi connectivity index (χ2n) is 6.59. The van der Waals surface area contributed by atoms with E-state index < -0.39 is 9.84 Å². The third-order valence-electron chi connectivity index (χ3n) is 4.50. The van der Waals surface area contributed by atoms with Crippen LogP contribution in [0.25, 0.3) is 0 Å². The van der Waals surface area contributed by atoms with E-state index in [0.717, 1.165) is 17.4 Å². The number of anilines is 2. The van der Waals surface area contributed by atoms with Crippen LogP contribution in [0.2, 0.25) is 0 Å². The molecule has 0 aliphatic carbocycles. The van der Waals surface area contributed by atoms with E-state index in [4.69, 9.17) is 0 Å². The molecule has 0 saturated carbocycles. The minimum atomic E-state index is -3.40. The lowest BCUT2D eigenvalue weighted by Gasteiger charge is -2.36. The first-order valence-electron chi connectivity index (χ1n) is 8.65. The fourth-order valence-electron chi connectivity index (χ4n) is 3.18. The molecule has 0 radical (unpaired) electrons. The number of carbonyl (C=O) groups excluding carboxylic acids is 1. The molecule has 3 aromatic rings. The summed E-state index contributed by atoms with van der Waals surface area (Å²) in [5.74, 6) is 0.514. The van der Waals surface area contributed by atoms with E-state index in [1.54, 1.807) is 35.6 Å². The summed E-state index contributed by atoms with van der Waals surface area (Å²) >= 11 is 0. The van der Waals surface area contributed by atoms with E-state index in [1.807, 2.05) is 24.3 Å². The quantitative estimate of drug-likeness (QED) is 0.679. The van der Waals surface area contributed by atoms with Crippen LogP contribution in [-0.2, 0) is 22.9 Å². The number of carbonyl (C=O) groups is 1. The number of hydrogen-bond donors (Lipinski definition) is 0. The number of benzene rings is 1. The van der Waals surface area contributed by atoms with Gasteiger partial charge in [0.1, 0.15) is 5.82 Å². The predicted molar refractivity (Wildman–Crippen MR) is 105 cm³/mol. The van der Waals surface area contributed by atoms with E-state index in [0.29, 0.717) is 24.6 Å². The largest absolute Gasteiger partial charge is 0.330 e. The first kappa shape index (κ1) is 18.1. The number of rotatable bonds is 4. The first-order valence-corrected chi connectivity index (χ1v) is 10.5. The van der Waals surface area contributed by atoms with Crippen molar-refractivity contribution in [1.82, 2.24) is 14.9 Å². The molecule has 7 nitrogen and oxygen atoms in total. The predicted octanol–water partition coefficient (Wildman–Crippen LogP) is 3.15. The van der Waals surface area contributed by atoms with Crippen LogP contribution < -0.4 is 4.90 Å². The van der Waals surface area contributed by atoms with Crippen LogP contribution in [0.15, 0.2) is 72.0 Å². The Labute approximate surface area is 163 Å². The summed E-state index contributed by atoms with van der Waals surface area (Å²) in [5, 5.41) is 0. The Kier molecular flexibility index (Phi) is 4.56. The lowest BCUT2D eigenvalue weighted by molar-refractivity contribution is 0.198. The summed E-state index contributed by atoms with van der Waals surface area (Å²) in [6, 6.07) is 13.6. The highest BCUT2D eigenvalue weighted by atomic mass is 32.2. The minimum absolute atomic E-state index is 0.152. The van der Waals surface area contributed by atoms with Crippen molar-refractivity contribution < 1.29 is 13.2 Å². The van der Waals surface area contributed by atoms with Crippen LogP contribution in [-0.4, -0.2) is 35.6 Å². The molecule has 2 amide bonds. The summed E-state index contributed by atoms with van der Waals surface area (Å²) < 4.78 is 23.9. The molecule has 0 spiro atoms. The van der Waals surface area contributed by atoms with Crippen LogP contribution in [0.1, 0.15) is 11.1 Å². The summed E-state index contributed by atoms with van der Waals surface area (Å²) in [6.07, 6.45) is 6.17. The minimum Gasteiger partial charge on any atom is -0.315 e. The highest BCUT2D eigenvalue weighted by Crippen LogP contribution is 2.34. The maximum Gasteiger partial charge on any atom is 0.330 e. The second-order valence-corrected chi connectivity index (χ2v) is 8.61. The lowest BCUT2D eigenvalue weighted by atomic mass is 10.1. The van der Waals surface area contributed by atoms with Crippen molar-refractivity contribution in [2.24, 2.45) is 0 Å². The fourth-order valence-corrected chi connectivity index (χ4v) is 3.84. The van der Waals surface area contributed by atoms with Crippen molar-refractivity contribution >= 4 is 27.4 Å². The van der Waals surface area contributed by atoms with Gasteiger partial charge in [-0.05, 0) is 35.9 Å². The fraction of sp³-hybridized carbons (Fsp3) is 0.150. The van der Waals surface area contributed by atoms with Gasteiger partial charge in [-0.3, -0.25) is 4.98 Å². The van der Waals surface area contributed by atoms with E-state index in [2.05, 4.69) is 9.97 Å². The molecular weight excluding hydrogens is 376 g/mol. The molecule has 28 heavy (non-hydrogen) atoms. The molecule has 4 rings (SSSR count). The van der Waals surface area contributed by atoms with Crippen LogP contribution in [0, 0.1) is 0 Å². The standard InChI is InChI=1S/C20H18N4O3S/c1-28(26,27)18-8-2-7-17(11-18)24-19-16(6-4-10-22-19)14-23(20(24)25)13-15-5-3-9-21-12-15/h2-12H,13-14H2,1H3. The molecule has 1 aromatic carbocycles. The molecule has 0 unspecified atom stereocenters. The molecule has 8 heteroatoms. The molecule has 0 fully saturated rings. The molecule has 1 aliphatic rings. The summed E-state index contributed by atoms with van der Waals surface area (Å²) in [5.41, 5.74) is 2.26. The lowest BCUT2D eigenvalue weighted by Crippen LogP contribution is -2.44. The van der Waals surface area contributed by atoms with Gasteiger partial charge in [0.05, 0.1) is 17.1 Å². The highest BCUT2D eigenvalue weighted by Gasteiger charge is 2.32. The molecule has 0 atom stereocenters. The Morgan fingerprint density at radius 1 is 1.07 bits per heavy atom. The van der Waals surface area contributed by atoms with Gasteiger partial charge in [-0.15, -0.1) is 0 Å². The van der Waals surface area contributed by atoms with Crippen molar-refractivity contribution in [3.05, 3.63) is 78.2 Å². The average molecular weight is 394 g/mol. The van der Waals surface area contributed by atoms with Crippen molar-refractivity contribution in [3.63, 3.8) is 0 Å². The third kappa shape index (κ3) is 3.46. The SMILES string of the molecule is CS(=O)(=O)c1cccc(N2C(=O)N(Cc3cccnc3)Cc3cccnc32)c1. The normalized spacial score (nSPS) is 14.1. The molecule has 1 aliphatic heterocycles. The second kappa shape index (κ2) is 7.05. The zero-order valence-electron chi connectivity index (χ0n) is 15.2. The van der Waals surface area contributed by atoms with Gasteiger partial charge in [0.25, 0.3) is 0 Å². The molecule has 0 saturated heterocycles. The number of sulfone groups is 1. The number of urea groups is 1. The Bertz CT molecular complexity index is 1130. The van der Waals surface area contributed by atoms with E-state index in [1.165, 1.54) is 17.0 Å². The maximum absolute atomic E-state index is 13.3. The van der Waals surface area contributed by atoms with E-state index >= 15 is 0 Å². The Balaban J connectivity index is 1.78. The summed E-state index contributed by atoms with van der Waals surface area (Å²) in [4.78, 5) is 25.1. The first-order chi connectivity index (χ1) is 13.4. The zero-order chi connectivity index (χ0) is 19.7. The van der Waals surface area contributed by atoms with Crippen molar-refractivity contribution in [2.45, 2.75) is 18.0 Å². The topological polar surface area (TPSA) is 83.5 Å². The summed E-state index contributed by atoms with van der Waals surface area (Å²) in [7, 11) is -3.40. The Morgan fingerprint density at radius 3 is 2.64 bits per heavy atom. The molecule has 0 bridgehead atoms.